The van der Waals surface area contributed by atoms with E-state index in [-0.39, 0.29) is 0 Å². The average Bonchev–Trinajstić information content (AvgIpc) is 2.78. The summed E-state index contributed by atoms with van der Waals surface area (Å²) in [5.74, 6) is 0. The molecule has 0 bridgehead atoms. The first kappa shape index (κ1) is 14.2. The van der Waals surface area contributed by atoms with Crippen molar-refractivity contribution in [3.8, 4) is 0 Å². The molecule has 86 valence electrons. The van der Waals surface area contributed by atoms with Crippen LogP contribution in [0.5, 0.6) is 0 Å². The maximum atomic E-state index is 3.22. The SMILES string of the molecule is C1CCNC1.CC.Cc1cccc(C)c1. The van der Waals surface area contributed by atoms with Gasteiger partial charge in [0, 0.05) is 0 Å². The molecule has 1 nitrogen and oxygen atoms in total. The molecule has 0 atom stereocenters. The minimum Gasteiger partial charge on any atom is -0.317 e. The molecule has 1 aromatic carbocycles. The zero-order chi connectivity index (χ0) is 11.5. The van der Waals surface area contributed by atoms with E-state index in [9.17, 15) is 0 Å². The molecule has 1 aliphatic rings. The van der Waals surface area contributed by atoms with Crippen molar-refractivity contribution >= 4 is 0 Å². The zero-order valence-corrected chi connectivity index (χ0v) is 10.6. The molecule has 1 heteroatoms. The van der Waals surface area contributed by atoms with Crippen LogP contribution in [0.15, 0.2) is 24.3 Å². The highest BCUT2D eigenvalue weighted by Gasteiger charge is 1.93. The zero-order valence-electron chi connectivity index (χ0n) is 10.6. The number of hydrogen-bond acceptors (Lipinski definition) is 1. The normalized spacial score (nSPS) is 13.3. The van der Waals surface area contributed by atoms with Crippen LogP contribution in [0.3, 0.4) is 0 Å². The molecular formula is C14H25N. The molecule has 1 fully saturated rings. The summed E-state index contributed by atoms with van der Waals surface area (Å²) in [4.78, 5) is 0. The Hall–Kier alpha value is -0.820. The number of rotatable bonds is 0. The van der Waals surface area contributed by atoms with Gasteiger partial charge in [0.2, 0.25) is 0 Å². The van der Waals surface area contributed by atoms with Crippen molar-refractivity contribution in [2.75, 3.05) is 13.1 Å². The Labute approximate surface area is 94.9 Å². The lowest BCUT2D eigenvalue weighted by Gasteiger charge is -1.90. The van der Waals surface area contributed by atoms with Crippen LogP contribution in [0.4, 0.5) is 0 Å². The first-order valence-electron chi connectivity index (χ1n) is 6.03. The summed E-state index contributed by atoms with van der Waals surface area (Å²) >= 11 is 0. The molecule has 0 radical (unpaired) electrons. The first-order valence-corrected chi connectivity index (χ1v) is 6.03. The lowest BCUT2D eigenvalue weighted by molar-refractivity contribution is 0.857. The molecule has 0 aromatic heterocycles. The summed E-state index contributed by atoms with van der Waals surface area (Å²) in [5, 5.41) is 3.22. The second-order valence-corrected chi connectivity index (χ2v) is 3.62. The lowest BCUT2D eigenvalue weighted by Crippen LogP contribution is -2.03. The summed E-state index contributed by atoms with van der Waals surface area (Å²) in [7, 11) is 0. The van der Waals surface area contributed by atoms with E-state index in [1.165, 1.54) is 37.1 Å². The Morgan fingerprint density at radius 1 is 0.933 bits per heavy atom. The van der Waals surface area contributed by atoms with Gasteiger partial charge in [-0.15, -0.1) is 0 Å². The minimum atomic E-state index is 1.25. The van der Waals surface area contributed by atoms with Crippen molar-refractivity contribution in [3.63, 3.8) is 0 Å². The van der Waals surface area contributed by atoms with E-state index in [2.05, 4.69) is 43.4 Å². The molecule has 0 saturated carbocycles. The second-order valence-electron chi connectivity index (χ2n) is 3.62. The Bertz CT molecular complexity index is 214. The maximum Gasteiger partial charge on any atom is -0.00484 e. The Morgan fingerprint density at radius 3 is 1.60 bits per heavy atom. The van der Waals surface area contributed by atoms with Gasteiger partial charge in [0.05, 0.1) is 0 Å². The van der Waals surface area contributed by atoms with Gasteiger partial charge in [-0.2, -0.15) is 0 Å². The van der Waals surface area contributed by atoms with Gasteiger partial charge >= 0.3 is 0 Å². The predicted octanol–water partition coefficient (Wildman–Crippen LogP) is 3.70. The van der Waals surface area contributed by atoms with Gasteiger partial charge in [0.1, 0.15) is 0 Å². The number of hydrogen-bond donors (Lipinski definition) is 1. The summed E-state index contributed by atoms with van der Waals surface area (Å²) in [6, 6.07) is 8.45. The van der Waals surface area contributed by atoms with E-state index >= 15 is 0 Å². The summed E-state index contributed by atoms with van der Waals surface area (Å²) < 4.78 is 0. The van der Waals surface area contributed by atoms with Crippen LogP contribution in [0.1, 0.15) is 37.8 Å². The van der Waals surface area contributed by atoms with Crippen LogP contribution in [0.25, 0.3) is 0 Å². The molecule has 15 heavy (non-hydrogen) atoms. The average molecular weight is 207 g/mol. The standard InChI is InChI=1S/C8H10.C4H9N.C2H6/c1-7-4-3-5-8(2)6-7;1-2-4-5-3-1;1-2/h3-6H,1-2H3;5H,1-4H2;1-2H3. The van der Waals surface area contributed by atoms with Crippen molar-refractivity contribution in [3.05, 3.63) is 35.4 Å². The molecule has 1 saturated heterocycles. The van der Waals surface area contributed by atoms with Gasteiger partial charge in [-0.25, -0.2) is 0 Å². The Kier molecular flexibility index (Phi) is 9.19. The van der Waals surface area contributed by atoms with Crippen molar-refractivity contribution in [1.82, 2.24) is 5.32 Å². The number of nitrogens with one attached hydrogen (secondary N) is 1. The van der Waals surface area contributed by atoms with Crippen LogP contribution in [0.2, 0.25) is 0 Å². The third-order valence-corrected chi connectivity index (χ3v) is 2.13. The summed E-state index contributed by atoms with van der Waals surface area (Å²) in [5.41, 5.74) is 2.68. The maximum absolute atomic E-state index is 3.22. The molecular weight excluding hydrogens is 182 g/mol. The van der Waals surface area contributed by atoms with E-state index in [0.717, 1.165) is 0 Å². The van der Waals surface area contributed by atoms with E-state index in [0.29, 0.717) is 0 Å². The molecule has 1 heterocycles. The lowest BCUT2D eigenvalue weighted by atomic mass is 10.2. The molecule has 0 amide bonds. The molecule has 0 aliphatic carbocycles. The van der Waals surface area contributed by atoms with E-state index < -0.39 is 0 Å². The molecule has 0 spiro atoms. The van der Waals surface area contributed by atoms with Crippen LogP contribution in [-0.2, 0) is 0 Å². The van der Waals surface area contributed by atoms with Gasteiger partial charge in [-0.05, 0) is 39.8 Å². The van der Waals surface area contributed by atoms with Gasteiger partial charge in [-0.3, -0.25) is 0 Å². The Morgan fingerprint density at radius 2 is 1.40 bits per heavy atom. The van der Waals surface area contributed by atoms with E-state index in [1.54, 1.807) is 0 Å². The van der Waals surface area contributed by atoms with E-state index in [1.807, 2.05) is 13.8 Å². The highest BCUT2D eigenvalue weighted by atomic mass is 14.9. The fourth-order valence-corrected chi connectivity index (χ4v) is 1.43. The smallest absolute Gasteiger partial charge is 0.00484 e. The fourth-order valence-electron chi connectivity index (χ4n) is 1.43. The summed E-state index contributed by atoms with van der Waals surface area (Å²) in [6.45, 7) is 10.7. The van der Waals surface area contributed by atoms with Crippen LogP contribution in [0, 0.1) is 13.8 Å². The van der Waals surface area contributed by atoms with Crippen LogP contribution in [-0.4, -0.2) is 13.1 Å². The Balaban J connectivity index is 0.000000241. The first-order chi connectivity index (χ1) is 7.29. The molecule has 0 unspecified atom stereocenters. The van der Waals surface area contributed by atoms with Crippen molar-refractivity contribution in [2.45, 2.75) is 40.5 Å². The molecule has 2 rings (SSSR count). The van der Waals surface area contributed by atoms with Gasteiger partial charge in [0.25, 0.3) is 0 Å². The van der Waals surface area contributed by atoms with Crippen LogP contribution < -0.4 is 5.32 Å². The van der Waals surface area contributed by atoms with Crippen molar-refractivity contribution in [1.29, 1.82) is 0 Å². The quantitative estimate of drug-likeness (QED) is 0.684. The van der Waals surface area contributed by atoms with Gasteiger partial charge in [0.15, 0.2) is 0 Å². The molecule has 1 aromatic rings. The number of benzene rings is 1. The number of aryl methyl sites for hydroxylation is 2. The second kappa shape index (κ2) is 9.72. The predicted molar refractivity (Wildman–Crippen MR) is 69.4 cm³/mol. The summed E-state index contributed by atoms with van der Waals surface area (Å²) in [6.07, 6.45) is 2.78. The largest absolute Gasteiger partial charge is 0.317 e. The highest BCUT2D eigenvalue weighted by Crippen LogP contribution is 2.00. The van der Waals surface area contributed by atoms with Gasteiger partial charge in [-0.1, -0.05) is 49.2 Å². The van der Waals surface area contributed by atoms with Crippen LogP contribution >= 0.6 is 0 Å². The van der Waals surface area contributed by atoms with Crippen molar-refractivity contribution < 1.29 is 0 Å². The molecule has 1 N–H and O–H groups in total. The third kappa shape index (κ3) is 8.19. The highest BCUT2D eigenvalue weighted by molar-refractivity contribution is 5.20. The van der Waals surface area contributed by atoms with Crippen molar-refractivity contribution in [2.24, 2.45) is 0 Å². The van der Waals surface area contributed by atoms with E-state index in [4.69, 9.17) is 0 Å². The third-order valence-electron chi connectivity index (χ3n) is 2.13. The monoisotopic (exact) mass is 207 g/mol. The molecule has 1 aliphatic heterocycles. The van der Waals surface area contributed by atoms with Gasteiger partial charge < -0.3 is 5.32 Å². The fraction of sp³-hybridized carbons (Fsp3) is 0.571. The minimum absolute atomic E-state index is 1.25. The topological polar surface area (TPSA) is 12.0 Å².